The minimum Gasteiger partial charge on any atom is -0.456 e. The predicted molar refractivity (Wildman–Crippen MR) is 120 cm³/mol. The Morgan fingerprint density at radius 1 is 1.00 bits per heavy atom. The van der Waals surface area contributed by atoms with Gasteiger partial charge in [0.25, 0.3) is 0 Å². The molecule has 10 heteroatoms. The number of nitrogens with zero attached hydrogens (tertiary/aromatic N) is 1. The first kappa shape index (κ1) is 24.4. The Morgan fingerprint density at radius 2 is 1.66 bits per heavy atom. The summed E-state index contributed by atoms with van der Waals surface area (Å²) in [5, 5.41) is 0.490. The molecule has 1 fully saturated rings. The SMILES string of the molecule is CC(=O)c1ccc(S(=O)(=O)N2CCCCC2C(=O)OCC(=O)c2ccc(Cl)c(Cl)c2)cc1. The summed E-state index contributed by atoms with van der Waals surface area (Å²) in [4.78, 5) is 36.5. The van der Waals surface area contributed by atoms with E-state index in [0.29, 0.717) is 23.4 Å². The number of piperidine rings is 1. The van der Waals surface area contributed by atoms with E-state index in [9.17, 15) is 22.8 Å². The average molecular weight is 498 g/mol. The van der Waals surface area contributed by atoms with E-state index in [4.69, 9.17) is 27.9 Å². The molecule has 1 aliphatic heterocycles. The molecule has 0 bridgehead atoms. The lowest BCUT2D eigenvalue weighted by Gasteiger charge is -2.33. The molecular formula is C22H21Cl2NO6S. The molecule has 0 N–H and O–H groups in total. The molecule has 1 heterocycles. The van der Waals surface area contributed by atoms with Crippen molar-refractivity contribution in [1.82, 2.24) is 4.31 Å². The molecule has 1 saturated heterocycles. The summed E-state index contributed by atoms with van der Waals surface area (Å²) in [5.74, 6) is -1.45. The Kier molecular flexibility index (Phi) is 7.71. The lowest BCUT2D eigenvalue weighted by molar-refractivity contribution is -0.148. The van der Waals surface area contributed by atoms with Gasteiger partial charge in [0.15, 0.2) is 18.2 Å². The lowest BCUT2D eigenvalue weighted by atomic mass is 10.1. The quantitative estimate of drug-likeness (QED) is 0.420. The van der Waals surface area contributed by atoms with Crippen LogP contribution in [-0.4, -0.2) is 49.5 Å². The fraction of sp³-hybridized carbons (Fsp3) is 0.318. The van der Waals surface area contributed by atoms with Gasteiger partial charge in [0, 0.05) is 17.7 Å². The van der Waals surface area contributed by atoms with Gasteiger partial charge in [-0.1, -0.05) is 35.3 Å². The highest BCUT2D eigenvalue weighted by Crippen LogP contribution is 2.27. The van der Waals surface area contributed by atoms with Gasteiger partial charge in [-0.15, -0.1) is 0 Å². The van der Waals surface area contributed by atoms with Crippen LogP contribution in [0.15, 0.2) is 47.4 Å². The second kappa shape index (κ2) is 10.1. The van der Waals surface area contributed by atoms with Gasteiger partial charge in [-0.25, -0.2) is 8.42 Å². The number of carbonyl (C=O) groups excluding carboxylic acids is 3. The first-order chi connectivity index (χ1) is 15.1. The third-order valence-corrected chi connectivity index (χ3v) is 7.84. The zero-order valence-corrected chi connectivity index (χ0v) is 19.5. The van der Waals surface area contributed by atoms with Crippen molar-refractivity contribution in [2.75, 3.05) is 13.2 Å². The van der Waals surface area contributed by atoms with Gasteiger partial charge in [0.05, 0.1) is 14.9 Å². The van der Waals surface area contributed by atoms with Crippen LogP contribution in [0.2, 0.25) is 10.0 Å². The van der Waals surface area contributed by atoms with Gasteiger partial charge in [-0.05, 0) is 56.5 Å². The summed E-state index contributed by atoms with van der Waals surface area (Å²) in [5.41, 5.74) is 0.616. The molecule has 2 aromatic carbocycles. The molecule has 0 saturated carbocycles. The minimum atomic E-state index is -4.00. The van der Waals surface area contributed by atoms with Crippen LogP contribution >= 0.6 is 23.2 Å². The largest absolute Gasteiger partial charge is 0.456 e. The predicted octanol–water partition coefficient (Wildman–Crippen LogP) is 4.17. The van der Waals surface area contributed by atoms with Crippen molar-refractivity contribution in [3.63, 3.8) is 0 Å². The molecule has 1 unspecified atom stereocenters. The smallest absolute Gasteiger partial charge is 0.324 e. The molecule has 0 spiro atoms. The van der Waals surface area contributed by atoms with Crippen molar-refractivity contribution in [3.05, 3.63) is 63.6 Å². The summed E-state index contributed by atoms with van der Waals surface area (Å²) in [6.45, 7) is 0.991. The van der Waals surface area contributed by atoms with E-state index in [0.717, 1.165) is 4.31 Å². The third kappa shape index (κ3) is 5.38. The summed E-state index contributed by atoms with van der Waals surface area (Å²) in [7, 11) is -4.00. The Labute approximate surface area is 196 Å². The molecule has 0 aromatic heterocycles. The highest BCUT2D eigenvalue weighted by molar-refractivity contribution is 7.89. The van der Waals surface area contributed by atoms with Crippen molar-refractivity contribution in [2.24, 2.45) is 0 Å². The fourth-order valence-corrected chi connectivity index (χ4v) is 5.36. The van der Waals surface area contributed by atoms with Crippen LogP contribution in [0.25, 0.3) is 0 Å². The van der Waals surface area contributed by atoms with E-state index < -0.39 is 34.4 Å². The van der Waals surface area contributed by atoms with Crippen LogP contribution < -0.4 is 0 Å². The van der Waals surface area contributed by atoms with Gasteiger partial charge >= 0.3 is 5.97 Å². The van der Waals surface area contributed by atoms with Crippen LogP contribution in [0, 0.1) is 0 Å². The number of esters is 1. The highest BCUT2D eigenvalue weighted by Gasteiger charge is 2.38. The molecule has 32 heavy (non-hydrogen) atoms. The van der Waals surface area contributed by atoms with Crippen molar-refractivity contribution < 1.29 is 27.5 Å². The number of ketones is 2. The molecule has 170 valence electrons. The van der Waals surface area contributed by atoms with Crippen molar-refractivity contribution in [2.45, 2.75) is 37.1 Å². The van der Waals surface area contributed by atoms with Crippen molar-refractivity contribution in [3.8, 4) is 0 Å². The van der Waals surface area contributed by atoms with Crippen LogP contribution in [-0.2, 0) is 19.6 Å². The molecule has 0 amide bonds. The molecule has 1 atom stereocenters. The summed E-state index contributed by atoms with van der Waals surface area (Å²) < 4.78 is 32.6. The van der Waals surface area contributed by atoms with Crippen LogP contribution in [0.3, 0.4) is 0 Å². The van der Waals surface area contributed by atoms with Gasteiger partial charge in [-0.3, -0.25) is 14.4 Å². The Hall–Kier alpha value is -2.26. The number of Topliss-reactive ketones (excluding diaryl/α,β-unsaturated/α-hetero) is 2. The number of sulfonamides is 1. The van der Waals surface area contributed by atoms with E-state index >= 15 is 0 Å². The number of rotatable bonds is 7. The van der Waals surface area contributed by atoms with Gasteiger partial charge in [-0.2, -0.15) is 4.31 Å². The minimum absolute atomic E-state index is 0.0194. The monoisotopic (exact) mass is 497 g/mol. The molecule has 0 radical (unpaired) electrons. The van der Waals surface area contributed by atoms with E-state index in [1.165, 1.54) is 49.4 Å². The molecule has 1 aliphatic rings. The second-order valence-corrected chi connectivity index (χ2v) is 10.1. The van der Waals surface area contributed by atoms with Crippen LogP contribution in [0.4, 0.5) is 0 Å². The van der Waals surface area contributed by atoms with E-state index in [1.807, 2.05) is 0 Å². The normalized spacial score (nSPS) is 17.0. The summed E-state index contributed by atoms with van der Waals surface area (Å²) in [6, 6.07) is 8.82. The summed E-state index contributed by atoms with van der Waals surface area (Å²) >= 11 is 11.8. The Balaban J connectivity index is 1.73. The van der Waals surface area contributed by atoms with Crippen molar-refractivity contribution >= 4 is 50.8 Å². The van der Waals surface area contributed by atoms with E-state index in [1.54, 1.807) is 0 Å². The Bertz CT molecular complexity index is 1150. The van der Waals surface area contributed by atoms with Gasteiger partial charge in [0.2, 0.25) is 10.0 Å². The fourth-order valence-electron chi connectivity index (χ4n) is 3.41. The van der Waals surface area contributed by atoms with E-state index in [2.05, 4.69) is 0 Å². The van der Waals surface area contributed by atoms with E-state index in [-0.39, 0.29) is 34.2 Å². The first-order valence-electron chi connectivity index (χ1n) is 9.89. The summed E-state index contributed by atoms with van der Waals surface area (Å²) in [6.07, 6.45) is 1.52. The van der Waals surface area contributed by atoms with Gasteiger partial charge in [0.1, 0.15) is 6.04 Å². The van der Waals surface area contributed by atoms with Gasteiger partial charge < -0.3 is 4.74 Å². The lowest BCUT2D eigenvalue weighted by Crippen LogP contribution is -2.48. The maximum absolute atomic E-state index is 13.2. The maximum Gasteiger partial charge on any atom is 0.324 e. The number of hydrogen-bond donors (Lipinski definition) is 0. The number of ether oxygens (including phenoxy) is 1. The zero-order chi connectivity index (χ0) is 23.5. The highest BCUT2D eigenvalue weighted by atomic mass is 35.5. The zero-order valence-electron chi connectivity index (χ0n) is 17.2. The number of halogens is 2. The van der Waals surface area contributed by atoms with Crippen LogP contribution in [0.1, 0.15) is 46.9 Å². The topological polar surface area (TPSA) is 97.8 Å². The molecule has 7 nitrogen and oxygen atoms in total. The molecule has 0 aliphatic carbocycles. The average Bonchev–Trinajstić information content (AvgIpc) is 2.79. The van der Waals surface area contributed by atoms with Crippen molar-refractivity contribution in [1.29, 1.82) is 0 Å². The number of carbonyl (C=O) groups is 3. The molecule has 2 aromatic rings. The maximum atomic E-state index is 13.2. The third-order valence-electron chi connectivity index (χ3n) is 5.18. The number of hydrogen-bond acceptors (Lipinski definition) is 6. The molecule has 3 rings (SSSR count). The first-order valence-corrected chi connectivity index (χ1v) is 12.1. The second-order valence-electron chi connectivity index (χ2n) is 7.37. The Morgan fingerprint density at radius 3 is 2.28 bits per heavy atom. The number of benzene rings is 2. The molecular weight excluding hydrogens is 477 g/mol. The van der Waals surface area contributed by atoms with Crippen LogP contribution in [0.5, 0.6) is 0 Å². The standard InChI is InChI=1S/C22H21Cl2NO6S/c1-14(26)15-5-8-17(9-6-15)32(29,30)25-11-3-2-4-20(25)22(28)31-13-21(27)16-7-10-18(23)19(24)12-16/h5-10,12,20H,2-4,11,13H2,1H3.